The average Bonchev–Trinajstić information content (AvgIpc) is 2.70. The molecule has 0 aliphatic carbocycles. The second-order valence-electron chi connectivity index (χ2n) is 3.00. The molecule has 76 valence electrons. The Hall–Kier alpha value is -1.55. The minimum atomic E-state index is -0.470. The molecule has 0 fully saturated rings. The fourth-order valence-electron chi connectivity index (χ4n) is 1.40. The summed E-state index contributed by atoms with van der Waals surface area (Å²) in [6, 6.07) is 8.82. The van der Waals surface area contributed by atoms with Gasteiger partial charge >= 0.3 is 0 Å². The first kappa shape index (κ1) is 9.98. The van der Waals surface area contributed by atoms with E-state index in [1.54, 1.807) is 30.5 Å². The van der Waals surface area contributed by atoms with Crippen molar-refractivity contribution >= 4 is 21.8 Å². The van der Waals surface area contributed by atoms with Crippen molar-refractivity contribution in [3.05, 3.63) is 46.6 Å². The molecule has 1 heterocycles. The Labute approximate surface area is 95.0 Å². The standard InChI is InChI=1S/C11H8BrNO2/c12-8-4-1-3-7(11(13)14)10(8)9-5-2-6-15-9/h1-6H,(H2,13,14). The first-order chi connectivity index (χ1) is 7.20. The van der Waals surface area contributed by atoms with E-state index in [2.05, 4.69) is 15.9 Å². The molecule has 15 heavy (non-hydrogen) atoms. The quantitative estimate of drug-likeness (QED) is 0.908. The fraction of sp³-hybridized carbons (Fsp3) is 0. The largest absolute Gasteiger partial charge is 0.464 e. The van der Waals surface area contributed by atoms with Crippen molar-refractivity contribution in [3.8, 4) is 11.3 Å². The highest BCUT2D eigenvalue weighted by atomic mass is 79.9. The molecule has 2 N–H and O–H groups in total. The molecule has 0 unspecified atom stereocenters. The molecule has 2 rings (SSSR count). The summed E-state index contributed by atoms with van der Waals surface area (Å²) in [7, 11) is 0. The van der Waals surface area contributed by atoms with Crippen LogP contribution in [0, 0.1) is 0 Å². The highest BCUT2D eigenvalue weighted by Gasteiger charge is 2.14. The van der Waals surface area contributed by atoms with Gasteiger partial charge in [-0.1, -0.05) is 22.0 Å². The van der Waals surface area contributed by atoms with Crippen molar-refractivity contribution < 1.29 is 9.21 Å². The van der Waals surface area contributed by atoms with E-state index in [4.69, 9.17) is 10.2 Å². The molecule has 0 saturated carbocycles. The van der Waals surface area contributed by atoms with Crippen molar-refractivity contribution in [1.82, 2.24) is 0 Å². The third-order valence-electron chi connectivity index (χ3n) is 2.05. The van der Waals surface area contributed by atoms with Gasteiger partial charge in [-0.25, -0.2) is 0 Å². The number of halogens is 1. The number of hydrogen-bond donors (Lipinski definition) is 1. The van der Waals surface area contributed by atoms with Crippen LogP contribution in [0.5, 0.6) is 0 Å². The van der Waals surface area contributed by atoms with E-state index in [1.807, 2.05) is 6.07 Å². The molecule has 0 radical (unpaired) electrons. The summed E-state index contributed by atoms with van der Waals surface area (Å²) in [5.41, 5.74) is 6.42. The van der Waals surface area contributed by atoms with Crippen molar-refractivity contribution in [3.63, 3.8) is 0 Å². The Balaban J connectivity index is 2.68. The normalized spacial score (nSPS) is 10.2. The molecule has 0 bridgehead atoms. The van der Waals surface area contributed by atoms with Gasteiger partial charge in [0, 0.05) is 10.0 Å². The Kier molecular flexibility index (Phi) is 2.60. The molecular formula is C11H8BrNO2. The maximum atomic E-state index is 11.2. The maximum Gasteiger partial charge on any atom is 0.249 e. The molecule has 3 nitrogen and oxygen atoms in total. The average molecular weight is 266 g/mol. The van der Waals surface area contributed by atoms with Gasteiger partial charge in [-0.3, -0.25) is 4.79 Å². The van der Waals surface area contributed by atoms with Gasteiger partial charge in [0.05, 0.1) is 11.8 Å². The van der Waals surface area contributed by atoms with Crippen LogP contribution in [0.25, 0.3) is 11.3 Å². The fourth-order valence-corrected chi connectivity index (χ4v) is 1.96. The minimum absolute atomic E-state index is 0.444. The second-order valence-corrected chi connectivity index (χ2v) is 3.86. The van der Waals surface area contributed by atoms with Gasteiger partial charge < -0.3 is 10.2 Å². The van der Waals surface area contributed by atoms with Gasteiger partial charge in [-0.2, -0.15) is 0 Å². The number of furan rings is 1. The third-order valence-corrected chi connectivity index (χ3v) is 2.71. The number of carbonyl (C=O) groups excluding carboxylic acids is 1. The summed E-state index contributed by atoms with van der Waals surface area (Å²) < 4.78 is 6.04. The lowest BCUT2D eigenvalue weighted by atomic mass is 10.1. The number of benzene rings is 1. The summed E-state index contributed by atoms with van der Waals surface area (Å²) in [4.78, 5) is 11.2. The third kappa shape index (κ3) is 1.80. The Morgan fingerprint density at radius 3 is 2.67 bits per heavy atom. The zero-order chi connectivity index (χ0) is 10.8. The van der Waals surface area contributed by atoms with Gasteiger partial charge in [-0.15, -0.1) is 0 Å². The summed E-state index contributed by atoms with van der Waals surface area (Å²) in [6.07, 6.45) is 1.56. The zero-order valence-electron chi connectivity index (χ0n) is 7.74. The van der Waals surface area contributed by atoms with Crippen LogP contribution in [0.3, 0.4) is 0 Å². The van der Waals surface area contributed by atoms with Crippen LogP contribution < -0.4 is 5.73 Å². The molecule has 0 aliphatic heterocycles. The molecule has 0 aliphatic rings. The lowest BCUT2D eigenvalue weighted by molar-refractivity contribution is 0.100. The first-order valence-corrected chi connectivity index (χ1v) is 5.11. The smallest absolute Gasteiger partial charge is 0.249 e. The van der Waals surface area contributed by atoms with Gasteiger partial charge in [0.15, 0.2) is 0 Å². The molecule has 0 atom stereocenters. The Morgan fingerprint density at radius 1 is 1.27 bits per heavy atom. The lowest BCUT2D eigenvalue weighted by Gasteiger charge is -2.05. The molecule has 0 spiro atoms. The number of rotatable bonds is 2. The van der Waals surface area contributed by atoms with Crippen molar-refractivity contribution in [2.24, 2.45) is 5.73 Å². The topological polar surface area (TPSA) is 56.2 Å². The van der Waals surface area contributed by atoms with Crippen LogP contribution in [0.2, 0.25) is 0 Å². The van der Waals surface area contributed by atoms with E-state index in [9.17, 15) is 4.79 Å². The maximum absolute atomic E-state index is 11.2. The summed E-state index contributed by atoms with van der Waals surface area (Å²) in [6.45, 7) is 0. The van der Waals surface area contributed by atoms with E-state index in [0.29, 0.717) is 16.9 Å². The van der Waals surface area contributed by atoms with Crippen molar-refractivity contribution in [2.45, 2.75) is 0 Å². The van der Waals surface area contributed by atoms with E-state index >= 15 is 0 Å². The van der Waals surface area contributed by atoms with Gasteiger partial charge in [0.1, 0.15) is 5.76 Å². The van der Waals surface area contributed by atoms with E-state index in [1.165, 1.54) is 0 Å². The van der Waals surface area contributed by atoms with E-state index in [-0.39, 0.29) is 0 Å². The molecule has 1 amide bonds. The van der Waals surface area contributed by atoms with Gasteiger partial charge in [0.25, 0.3) is 0 Å². The second kappa shape index (κ2) is 3.90. The van der Waals surface area contributed by atoms with E-state index < -0.39 is 5.91 Å². The van der Waals surface area contributed by atoms with E-state index in [0.717, 1.165) is 4.47 Å². The van der Waals surface area contributed by atoms with Crippen molar-refractivity contribution in [2.75, 3.05) is 0 Å². The molecule has 2 aromatic rings. The molecule has 4 heteroatoms. The van der Waals surface area contributed by atoms with Crippen LogP contribution in [0.4, 0.5) is 0 Å². The predicted octanol–water partition coefficient (Wildman–Crippen LogP) is 2.81. The number of carbonyl (C=O) groups is 1. The highest BCUT2D eigenvalue weighted by Crippen LogP contribution is 2.31. The van der Waals surface area contributed by atoms with Crippen LogP contribution in [-0.2, 0) is 0 Å². The molecule has 0 saturated heterocycles. The number of nitrogens with two attached hydrogens (primary N) is 1. The summed E-state index contributed by atoms with van der Waals surface area (Å²) in [5.74, 6) is 0.152. The first-order valence-electron chi connectivity index (χ1n) is 4.32. The molecule has 1 aromatic heterocycles. The van der Waals surface area contributed by atoms with Gasteiger partial charge in [0.2, 0.25) is 5.91 Å². The van der Waals surface area contributed by atoms with Crippen LogP contribution >= 0.6 is 15.9 Å². The number of primary amides is 1. The number of amides is 1. The Bertz CT molecular complexity index is 491. The minimum Gasteiger partial charge on any atom is -0.464 e. The number of hydrogen-bond acceptors (Lipinski definition) is 2. The van der Waals surface area contributed by atoms with Crippen LogP contribution in [0.15, 0.2) is 45.5 Å². The Morgan fingerprint density at radius 2 is 2.07 bits per heavy atom. The van der Waals surface area contributed by atoms with Crippen molar-refractivity contribution in [1.29, 1.82) is 0 Å². The molecule has 1 aromatic carbocycles. The summed E-state index contributed by atoms with van der Waals surface area (Å²) in [5, 5.41) is 0. The van der Waals surface area contributed by atoms with Crippen LogP contribution in [-0.4, -0.2) is 5.91 Å². The van der Waals surface area contributed by atoms with Crippen LogP contribution in [0.1, 0.15) is 10.4 Å². The highest BCUT2D eigenvalue weighted by molar-refractivity contribution is 9.10. The summed E-state index contributed by atoms with van der Waals surface area (Å²) >= 11 is 3.37. The SMILES string of the molecule is NC(=O)c1cccc(Br)c1-c1ccco1. The lowest BCUT2D eigenvalue weighted by Crippen LogP contribution is -2.12. The predicted molar refractivity (Wildman–Crippen MR) is 60.4 cm³/mol. The van der Waals surface area contributed by atoms with Gasteiger partial charge in [-0.05, 0) is 24.3 Å². The molecular weight excluding hydrogens is 258 g/mol. The zero-order valence-corrected chi connectivity index (χ0v) is 9.32. The monoisotopic (exact) mass is 265 g/mol.